The van der Waals surface area contributed by atoms with E-state index in [-0.39, 0.29) is 48.0 Å². The van der Waals surface area contributed by atoms with Gasteiger partial charge in [0.15, 0.2) is 0 Å². The Bertz CT molecular complexity index is 1300. The molecule has 1 aliphatic rings. The number of aryl methyl sites for hydroxylation is 1. The van der Waals surface area contributed by atoms with Gasteiger partial charge in [0.05, 0.1) is 23.5 Å². The molecule has 1 saturated carbocycles. The van der Waals surface area contributed by atoms with Crippen LogP contribution < -0.4 is 16.6 Å². The molecule has 1 unspecified atom stereocenters. The van der Waals surface area contributed by atoms with E-state index in [0.717, 1.165) is 20.6 Å². The van der Waals surface area contributed by atoms with Gasteiger partial charge in [-0.3, -0.25) is 14.6 Å². The lowest BCUT2D eigenvalue weighted by Crippen LogP contribution is -2.37. The lowest BCUT2D eigenvalue weighted by molar-refractivity contribution is -0.0492. The van der Waals surface area contributed by atoms with Crippen LogP contribution in [0.15, 0.2) is 40.2 Å². The molecule has 3 aromatic rings. The van der Waals surface area contributed by atoms with Gasteiger partial charge in [0.2, 0.25) is 5.92 Å². The largest absolute Gasteiger partial charge is 0.349 e. The minimum absolute atomic E-state index is 0.00603. The Balaban J connectivity index is 1.64. The predicted octanol–water partition coefficient (Wildman–Crippen LogP) is 3.64. The summed E-state index contributed by atoms with van der Waals surface area (Å²) in [5.74, 6) is -3.40. The number of thiophene rings is 1. The third-order valence-corrected chi connectivity index (χ3v) is 7.00. The van der Waals surface area contributed by atoms with Crippen LogP contribution in [0.25, 0.3) is 5.69 Å². The summed E-state index contributed by atoms with van der Waals surface area (Å²) in [6, 6.07) is 4.67. The fourth-order valence-electron chi connectivity index (χ4n) is 3.91. The molecular formula is C21H20ClF2N5O3S. The molecule has 0 bridgehead atoms. The standard InChI is InChI=1S/C21H20ClF2N5O3S/c1-11-2-3-15(33-11)17(12-4-6-21(23,24)7-5-12)28-19(31)14-8-13(9-25-18(14)22)29-20(32)27-16(30)10-26-29/h2-3,8-10,12,17H,4-7H2,1H3,(H,28,31)(H,27,30,32). The van der Waals surface area contributed by atoms with Crippen molar-refractivity contribution in [3.05, 3.63) is 71.9 Å². The predicted molar refractivity (Wildman–Crippen MR) is 119 cm³/mol. The van der Waals surface area contributed by atoms with Crippen LogP contribution >= 0.6 is 22.9 Å². The molecule has 1 aliphatic carbocycles. The molecule has 1 amide bonds. The van der Waals surface area contributed by atoms with Gasteiger partial charge in [-0.05, 0) is 43.9 Å². The zero-order valence-corrected chi connectivity index (χ0v) is 19.1. The van der Waals surface area contributed by atoms with Crippen LogP contribution in [0, 0.1) is 12.8 Å². The number of carbonyl (C=O) groups is 1. The molecule has 3 heterocycles. The summed E-state index contributed by atoms with van der Waals surface area (Å²) in [7, 11) is 0. The lowest BCUT2D eigenvalue weighted by atomic mass is 9.81. The van der Waals surface area contributed by atoms with Gasteiger partial charge in [-0.15, -0.1) is 11.3 Å². The van der Waals surface area contributed by atoms with Gasteiger partial charge < -0.3 is 5.32 Å². The maximum atomic E-state index is 13.7. The highest BCUT2D eigenvalue weighted by atomic mass is 35.5. The molecule has 0 aromatic carbocycles. The van der Waals surface area contributed by atoms with Crippen molar-refractivity contribution in [1.82, 2.24) is 25.1 Å². The number of pyridine rings is 1. The summed E-state index contributed by atoms with van der Waals surface area (Å²) in [6.07, 6.45) is 2.26. The van der Waals surface area contributed by atoms with Crippen molar-refractivity contribution in [2.45, 2.75) is 44.6 Å². The zero-order valence-electron chi connectivity index (χ0n) is 17.5. The molecule has 4 rings (SSSR count). The van der Waals surface area contributed by atoms with Crippen molar-refractivity contribution in [2.75, 3.05) is 0 Å². The maximum Gasteiger partial charge on any atom is 0.349 e. The second-order valence-electron chi connectivity index (χ2n) is 7.98. The normalized spacial score (nSPS) is 17.0. The van der Waals surface area contributed by atoms with Crippen molar-refractivity contribution < 1.29 is 13.6 Å². The minimum atomic E-state index is -2.69. The number of aromatic nitrogens is 4. The first kappa shape index (κ1) is 23.2. The number of hydrogen-bond acceptors (Lipinski definition) is 6. The highest BCUT2D eigenvalue weighted by molar-refractivity contribution is 7.12. The average Bonchev–Trinajstić information content (AvgIpc) is 3.19. The summed E-state index contributed by atoms with van der Waals surface area (Å²) < 4.78 is 28.3. The molecule has 0 spiro atoms. The van der Waals surface area contributed by atoms with Crippen LogP contribution in [0.4, 0.5) is 8.78 Å². The lowest BCUT2D eigenvalue weighted by Gasteiger charge is -2.33. The number of hydrogen-bond donors (Lipinski definition) is 2. The highest BCUT2D eigenvalue weighted by Gasteiger charge is 2.39. The molecule has 0 radical (unpaired) electrons. The zero-order chi connectivity index (χ0) is 23.8. The summed E-state index contributed by atoms with van der Waals surface area (Å²) in [4.78, 5) is 44.5. The van der Waals surface area contributed by atoms with Crippen LogP contribution in [-0.4, -0.2) is 31.6 Å². The average molecular weight is 496 g/mol. The Hall–Kier alpha value is -2.92. The molecule has 174 valence electrons. The summed E-state index contributed by atoms with van der Waals surface area (Å²) >= 11 is 7.66. The molecule has 1 fully saturated rings. The molecule has 33 heavy (non-hydrogen) atoms. The van der Waals surface area contributed by atoms with Crippen molar-refractivity contribution in [1.29, 1.82) is 0 Å². The SMILES string of the molecule is Cc1ccc(C(NC(=O)c2cc(-n3ncc(=O)[nH]c3=O)cnc2Cl)C2CCC(F)(F)CC2)s1. The van der Waals surface area contributed by atoms with Crippen molar-refractivity contribution in [3.8, 4) is 5.69 Å². The molecule has 2 N–H and O–H groups in total. The Morgan fingerprint density at radius 2 is 2.03 bits per heavy atom. The van der Waals surface area contributed by atoms with Crippen molar-refractivity contribution in [3.63, 3.8) is 0 Å². The number of carbonyl (C=O) groups excluding carboxylic acids is 1. The number of aromatic amines is 1. The topological polar surface area (TPSA) is 110 Å². The van der Waals surface area contributed by atoms with E-state index in [2.05, 4.69) is 20.4 Å². The second-order valence-corrected chi connectivity index (χ2v) is 9.65. The molecule has 3 aromatic heterocycles. The molecular weight excluding hydrogens is 476 g/mol. The van der Waals surface area contributed by atoms with Crippen LogP contribution in [0.3, 0.4) is 0 Å². The third kappa shape index (κ3) is 5.19. The molecule has 1 atom stereocenters. The van der Waals surface area contributed by atoms with E-state index >= 15 is 0 Å². The number of nitrogens with one attached hydrogen (secondary N) is 2. The highest BCUT2D eigenvalue weighted by Crippen LogP contribution is 2.42. The van der Waals surface area contributed by atoms with E-state index in [4.69, 9.17) is 11.6 Å². The Kier molecular flexibility index (Phi) is 6.44. The monoisotopic (exact) mass is 495 g/mol. The van der Waals surface area contributed by atoms with Gasteiger partial charge in [-0.1, -0.05) is 11.6 Å². The first-order chi connectivity index (χ1) is 15.6. The van der Waals surface area contributed by atoms with Gasteiger partial charge in [-0.25, -0.2) is 18.6 Å². The third-order valence-electron chi connectivity index (χ3n) is 5.61. The summed E-state index contributed by atoms with van der Waals surface area (Å²) in [5, 5.41) is 6.60. The van der Waals surface area contributed by atoms with Crippen LogP contribution in [0.1, 0.15) is 51.8 Å². The van der Waals surface area contributed by atoms with E-state index in [1.807, 2.05) is 19.1 Å². The quantitative estimate of drug-likeness (QED) is 0.525. The van der Waals surface area contributed by atoms with Gasteiger partial charge in [0.1, 0.15) is 11.3 Å². The van der Waals surface area contributed by atoms with Crippen LogP contribution in [-0.2, 0) is 0 Å². The number of nitrogens with zero attached hydrogens (tertiary/aromatic N) is 3. The van der Waals surface area contributed by atoms with Gasteiger partial charge in [-0.2, -0.15) is 9.78 Å². The van der Waals surface area contributed by atoms with E-state index in [1.165, 1.54) is 23.6 Å². The van der Waals surface area contributed by atoms with E-state index < -0.39 is 29.1 Å². The molecule has 12 heteroatoms. The Labute approximate surface area is 195 Å². The summed E-state index contributed by atoms with van der Waals surface area (Å²) in [6.45, 7) is 1.93. The Morgan fingerprint density at radius 3 is 2.67 bits per heavy atom. The van der Waals surface area contributed by atoms with Gasteiger partial charge >= 0.3 is 5.69 Å². The van der Waals surface area contributed by atoms with Crippen molar-refractivity contribution >= 4 is 28.8 Å². The van der Waals surface area contributed by atoms with E-state index in [9.17, 15) is 23.2 Å². The molecule has 8 nitrogen and oxygen atoms in total. The molecule has 0 saturated heterocycles. The fraction of sp³-hybridized carbons (Fsp3) is 0.381. The number of alkyl halides is 2. The number of amides is 1. The van der Waals surface area contributed by atoms with Gasteiger partial charge in [0.25, 0.3) is 11.5 Å². The van der Waals surface area contributed by atoms with Crippen molar-refractivity contribution in [2.24, 2.45) is 5.92 Å². The number of rotatable bonds is 5. The van der Waals surface area contributed by atoms with Gasteiger partial charge in [0, 0.05) is 22.6 Å². The molecule has 0 aliphatic heterocycles. The maximum absolute atomic E-state index is 13.7. The van der Waals surface area contributed by atoms with Crippen LogP contribution in [0.2, 0.25) is 5.15 Å². The first-order valence-corrected chi connectivity index (χ1v) is 11.4. The van der Waals surface area contributed by atoms with E-state index in [0.29, 0.717) is 0 Å². The minimum Gasteiger partial charge on any atom is -0.344 e. The number of H-pyrrole nitrogens is 1. The number of halogens is 3. The smallest absolute Gasteiger partial charge is 0.344 e. The Morgan fingerprint density at radius 1 is 1.30 bits per heavy atom. The fourth-order valence-corrected chi connectivity index (χ4v) is 5.12. The first-order valence-electron chi connectivity index (χ1n) is 10.2. The summed E-state index contributed by atoms with van der Waals surface area (Å²) in [5.41, 5.74) is -1.34. The van der Waals surface area contributed by atoms with E-state index in [1.54, 1.807) is 0 Å². The van der Waals surface area contributed by atoms with Crippen LogP contribution in [0.5, 0.6) is 0 Å². The second kappa shape index (κ2) is 9.14.